The van der Waals surface area contributed by atoms with Crippen LogP contribution >= 0.6 is 0 Å². The third-order valence-corrected chi connectivity index (χ3v) is 6.87. The molecule has 0 atom stereocenters. The van der Waals surface area contributed by atoms with Crippen molar-refractivity contribution in [1.29, 1.82) is 0 Å². The molecule has 1 saturated heterocycles. The molecule has 4 rings (SSSR count). The molecule has 0 radical (unpaired) electrons. The van der Waals surface area contributed by atoms with Gasteiger partial charge in [-0.05, 0) is 42.0 Å². The number of ether oxygens (including phenoxy) is 2. The Morgan fingerprint density at radius 2 is 1.58 bits per heavy atom. The van der Waals surface area contributed by atoms with E-state index in [9.17, 15) is 8.42 Å². The summed E-state index contributed by atoms with van der Waals surface area (Å²) in [7, 11) is -3.50. The Hall–Kier alpha value is -3.00. The highest BCUT2D eigenvalue weighted by molar-refractivity contribution is 7.89. The molecule has 6 nitrogen and oxygen atoms in total. The zero-order valence-electron chi connectivity index (χ0n) is 17.1. The van der Waals surface area contributed by atoms with Crippen molar-refractivity contribution < 1.29 is 17.9 Å². The second kappa shape index (κ2) is 9.87. The predicted octanol–water partition coefficient (Wildman–Crippen LogP) is 4.04. The standard InChI is InChI=1S/C24H24N2O4S/c27-31(28,26-14-16-29-17-15-26)23-12-10-22(11-13-23)25-18-21-8-4-5-9-24(21)30-19-20-6-2-1-3-7-20/h1-13,18H,14-17,19H2. The van der Waals surface area contributed by atoms with Gasteiger partial charge in [0, 0.05) is 24.9 Å². The molecule has 31 heavy (non-hydrogen) atoms. The van der Waals surface area contributed by atoms with E-state index in [2.05, 4.69) is 4.99 Å². The fraction of sp³-hybridized carbons (Fsp3) is 0.208. The number of morpholine rings is 1. The molecule has 0 saturated carbocycles. The van der Waals surface area contributed by atoms with Crippen molar-refractivity contribution in [3.63, 3.8) is 0 Å². The second-order valence-corrected chi connectivity index (χ2v) is 9.02. The highest BCUT2D eigenvalue weighted by Gasteiger charge is 2.25. The highest BCUT2D eigenvalue weighted by atomic mass is 32.2. The van der Waals surface area contributed by atoms with Crippen molar-refractivity contribution in [2.24, 2.45) is 4.99 Å². The SMILES string of the molecule is O=S(=O)(c1ccc(N=Cc2ccccc2OCc2ccccc2)cc1)N1CCOCC1. The van der Waals surface area contributed by atoms with Crippen molar-refractivity contribution in [2.75, 3.05) is 26.3 Å². The van der Waals surface area contributed by atoms with Gasteiger partial charge in [0.25, 0.3) is 0 Å². The van der Waals surface area contributed by atoms with Crippen LogP contribution in [-0.4, -0.2) is 45.2 Å². The van der Waals surface area contributed by atoms with E-state index in [1.54, 1.807) is 30.5 Å². The summed E-state index contributed by atoms with van der Waals surface area (Å²) in [6.45, 7) is 2.07. The number of sulfonamides is 1. The maximum Gasteiger partial charge on any atom is 0.243 e. The molecule has 0 amide bonds. The van der Waals surface area contributed by atoms with Crippen LogP contribution in [0.15, 0.2) is 88.8 Å². The Bertz CT molecular complexity index is 1120. The van der Waals surface area contributed by atoms with Gasteiger partial charge in [-0.25, -0.2) is 8.42 Å². The number of hydrogen-bond acceptors (Lipinski definition) is 5. The van der Waals surface area contributed by atoms with Crippen molar-refractivity contribution in [2.45, 2.75) is 11.5 Å². The van der Waals surface area contributed by atoms with Gasteiger partial charge in [-0.3, -0.25) is 4.99 Å². The van der Waals surface area contributed by atoms with Crippen LogP contribution in [0.5, 0.6) is 5.75 Å². The molecule has 0 aliphatic carbocycles. The molecule has 0 spiro atoms. The van der Waals surface area contributed by atoms with E-state index in [0.717, 1.165) is 16.9 Å². The Morgan fingerprint density at radius 1 is 0.903 bits per heavy atom. The average Bonchev–Trinajstić information content (AvgIpc) is 2.83. The van der Waals surface area contributed by atoms with Crippen LogP contribution in [-0.2, 0) is 21.4 Å². The minimum Gasteiger partial charge on any atom is -0.488 e. The molecule has 1 aliphatic heterocycles. The summed E-state index contributed by atoms with van der Waals surface area (Å²) in [6, 6.07) is 24.2. The third kappa shape index (κ3) is 5.38. The van der Waals surface area contributed by atoms with Crippen LogP contribution in [0.1, 0.15) is 11.1 Å². The van der Waals surface area contributed by atoms with E-state index in [0.29, 0.717) is 38.6 Å². The number of aliphatic imine (C=N–C) groups is 1. The van der Waals surface area contributed by atoms with Gasteiger partial charge in [0.2, 0.25) is 10.0 Å². The maximum absolute atomic E-state index is 12.7. The largest absolute Gasteiger partial charge is 0.488 e. The first-order chi connectivity index (χ1) is 15.1. The van der Waals surface area contributed by atoms with Gasteiger partial charge < -0.3 is 9.47 Å². The van der Waals surface area contributed by atoms with Gasteiger partial charge in [0.05, 0.1) is 23.8 Å². The fourth-order valence-corrected chi connectivity index (χ4v) is 4.65. The van der Waals surface area contributed by atoms with E-state index >= 15 is 0 Å². The lowest BCUT2D eigenvalue weighted by molar-refractivity contribution is 0.0730. The lowest BCUT2D eigenvalue weighted by Gasteiger charge is -2.26. The van der Waals surface area contributed by atoms with Crippen molar-refractivity contribution in [3.8, 4) is 5.75 Å². The van der Waals surface area contributed by atoms with Gasteiger partial charge in [-0.1, -0.05) is 42.5 Å². The minimum absolute atomic E-state index is 0.264. The van der Waals surface area contributed by atoms with Crippen LogP contribution in [0.2, 0.25) is 0 Å². The maximum atomic E-state index is 12.7. The molecule has 0 aromatic heterocycles. The zero-order chi connectivity index (χ0) is 21.5. The predicted molar refractivity (Wildman–Crippen MR) is 120 cm³/mol. The molecular formula is C24H24N2O4S. The second-order valence-electron chi connectivity index (χ2n) is 7.08. The van der Waals surface area contributed by atoms with Crippen LogP contribution < -0.4 is 4.74 Å². The van der Waals surface area contributed by atoms with E-state index < -0.39 is 10.0 Å². The number of nitrogens with zero attached hydrogens (tertiary/aromatic N) is 2. The van der Waals surface area contributed by atoms with E-state index in [-0.39, 0.29) is 4.90 Å². The Morgan fingerprint density at radius 3 is 2.32 bits per heavy atom. The van der Waals surface area contributed by atoms with Crippen molar-refractivity contribution in [1.82, 2.24) is 4.31 Å². The molecule has 7 heteroatoms. The Kier molecular flexibility index (Phi) is 6.76. The Labute approximate surface area is 182 Å². The Balaban J connectivity index is 1.45. The number of rotatable bonds is 7. The molecular weight excluding hydrogens is 412 g/mol. The normalized spacial score (nSPS) is 15.2. The van der Waals surface area contributed by atoms with E-state index in [4.69, 9.17) is 9.47 Å². The van der Waals surface area contributed by atoms with Crippen LogP contribution in [0.4, 0.5) is 5.69 Å². The quantitative estimate of drug-likeness (QED) is 0.524. The third-order valence-electron chi connectivity index (χ3n) is 4.95. The molecule has 0 unspecified atom stereocenters. The first-order valence-electron chi connectivity index (χ1n) is 10.1. The summed E-state index contributed by atoms with van der Waals surface area (Å²) in [5.41, 5.74) is 2.61. The summed E-state index contributed by atoms with van der Waals surface area (Å²) in [5.74, 6) is 0.738. The molecule has 3 aromatic carbocycles. The van der Waals surface area contributed by atoms with Crippen LogP contribution in [0.25, 0.3) is 0 Å². The molecule has 160 valence electrons. The van der Waals surface area contributed by atoms with Gasteiger partial charge >= 0.3 is 0 Å². The van der Waals surface area contributed by atoms with E-state index in [1.807, 2.05) is 54.6 Å². The van der Waals surface area contributed by atoms with Crippen LogP contribution in [0.3, 0.4) is 0 Å². The summed E-state index contributed by atoms with van der Waals surface area (Å²) < 4.78 is 38.1. The monoisotopic (exact) mass is 436 g/mol. The molecule has 3 aromatic rings. The summed E-state index contributed by atoms with van der Waals surface area (Å²) >= 11 is 0. The summed E-state index contributed by atoms with van der Waals surface area (Å²) in [4.78, 5) is 4.76. The van der Waals surface area contributed by atoms with Crippen molar-refractivity contribution in [3.05, 3.63) is 90.0 Å². The fourth-order valence-electron chi connectivity index (χ4n) is 3.24. The van der Waals surface area contributed by atoms with Gasteiger partial charge in [-0.2, -0.15) is 4.31 Å². The van der Waals surface area contributed by atoms with Gasteiger partial charge in [0.15, 0.2) is 0 Å². The van der Waals surface area contributed by atoms with Gasteiger partial charge in [-0.15, -0.1) is 0 Å². The van der Waals surface area contributed by atoms with E-state index in [1.165, 1.54) is 4.31 Å². The average molecular weight is 437 g/mol. The molecule has 0 bridgehead atoms. The number of benzene rings is 3. The lowest BCUT2D eigenvalue weighted by atomic mass is 10.2. The van der Waals surface area contributed by atoms with Crippen LogP contribution in [0, 0.1) is 0 Å². The first kappa shape index (κ1) is 21.2. The summed E-state index contributed by atoms with van der Waals surface area (Å²) in [6.07, 6.45) is 1.73. The first-order valence-corrected chi connectivity index (χ1v) is 11.5. The summed E-state index contributed by atoms with van der Waals surface area (Å²) in [5, 5.41) is 0. The minimum atomic E-state index is -3.50. The lowest BCUT2D eigenvalue weighted by Crippen LogP contribution is -2.40. The molecule has 1 aliphatic rings. The molecule has 0 N–H and O–H groups in total. The number of hydrogen-bond donors (Lipinski definition) is 0. The molecule has 1 fully saturated rings. The highest BCUT2D eigenvalue weighted by Crippen LogP contribution is 2.22. The number of para-hydroxylation sites is 1. The molecule has 1 heterocycles. The zero-order valence-corrected chi connectivity index (χ0v) is 17.9. The van der Waals surface area contributed by atoms with Crippen molar-refractivity contribution >= 4 is 21.9 Å². The smallest absolute Gasteiger partial charge is 0.243 e. The van der Waals surface area contributed by atoms with Gasteiger partial charge in [0.1, 0.15) is 12.4 Å². The topological polar surface area (TPSA) is 68.2 Å².